The number of rotatable bonds is 3. The lowest BCUT2D eigenvalue weighted by Crippen LogP contribution is -2.22. The molecular weight excluding hydrogens is 383 g/mol. The van der Waals surface area contributed by atoms with Crippen LogP contribution < -0.4 is 10.7 Å². The minimum absolute atomic E-state index is 0.0117. The molecule has 4 rings (SSSR count). The largest absolute Gasteiger partial charge is 0.417 e. The third-order valence-corrected chi connectivity index (χ3v) is 4.54. The fraction of sp³-hybridized carbons (Fsp3) is 0.0952. The van der Waals surface area contributed by atoms with Gasteiger partial charge in [-0.2, -0.15) is 13.2 Å². The van der Waals surface area contributed by atoms with Gasteiger partial charge in [0.1, 0.15) is 12.4 Å². The van der Waals surface area contributed by atoms with Gasteiger partial charge in [-0.25, -0.2) is 4.98 Å². The second-order valence-corrected chi connectivity index (χ2v) is 6.43. The molecule has 2 aromatic heterocycles. The Labute approximate surface area is 162 Å². The molecule has 8 heteroatoms. The number of anilines is 1. The van der Waals surface area contributed by atoms with Crippen molar-refractivity contribution in [1.82, 2.24) is 9.55 Å². The minimum Gasteiger partial charge on any atom is -0.331 e. The van der Waals surface area contributed by atoms with Gasteiger partial charge < -0.3 is 9.88 Å². The molecule has 4 aromatic rings. The first-order valence-corrected chi connectivity index (χ1v) is 8.68. The van der Waals surface area contributed by atoms with E-state index >= 15 is 0 Å². The molecule has 29 heavy (non-hydrogen) atoms. The summed E-state index contributed by atoms with van der Waals surface area (Å²) in [6.07, 6.45) is -3.83. The van der Waals surface area contributed by atoms with Crippen molar-refractivity contribution >= 4 is 33.5 Å². The summed E-state index contributed by atoms with van der Waals surface area (Å²) in [5, 5.41) is 3.45. The van der Waals surface area contributed by atoms with Gasteiger partial charge >= 0.3 is 6.18 Å². The molecule has 0 aliphatic rings. The van der Waals surface area contributed by atoms with Crippen LogP contribution in [0.1, 0.15) is 5.56 Å². The molecule has 1 N–H and O–H groups in total. The van der Waals surface area contributed by atoms with Gasteiger partial charge in [-0.3, -0.25) is 9.59 Å². The van der Waals surface area contributed by atoms with E-state index in [4.69, 9.17) is 0 Å². The average Bonchev–Trinajstić information content (AvgIpc) is 2.71. The van der Waals surface area contributed by atoms with Crippen LogP contribution in [0.3, 0.4) is 0 Å². The quantitative estimate of drug-likeness (QED) is 0.527. The van der Waals surface area contributed by atoms with Crippen LogP contribution in [0.15, 0.2) is 71.7 Å². The number of amides is 1. The number of benzene rings is 2. The third-order valence-electron chi connectivity index (χ3n) is 4.54. The summed E-state index contributed by atoms with van der Waals surface area (Å²) in [5.41, 5.74) is 0.156. The predicted octanol–water partition coefficient (Wildman–Crippen LogP) is 4.21. The zero-order chi connectivity index (χ0) is 20.6. The Morgan fingerprint density at radius 1 is 0.931 bits per heavy atom. The Balaban J connectivity index is 1.69. The van der Waals surface area contributed by atoms with Gasteiger partial charge in [-0.1, -0.05) is 24.3 Å². The maximum Gasteiger partial charge on any atom is 0.417 e. The van der Waals surface area contributed by atoms with Crippen molar-refractivity contribution in [2.24, 2.45) is 0 Å². The number of hydrogen-bond acceptors (Lipinski definition) is 3. The van der Waals surface area contributed by atoms with Crippen LogP contribution in [0, 0.1) is 0 Å². The van der Waals surface area contributed by atoms with Gasteiger partial charge in [-0.05, 0) is 36.4 Å². The number of carbonyl (C=O) groups is 1. The molecule has 0 unspecified atom stereocenters. The van der Waals surface area contributed by atoms with E-state index in [0.29, 0.717) is 28.0 Å². The third kappa shape index (κ3) is 3.56. The van der Waals surface area contributed by atoms with Crippen molar-refractivity contribution in [3.8, 4) is 0 Å². The highest BCUT2D eigenvalue weighted by molar-refractivity contribution is 5.96. The van der Waals surface area contributed by atoms with E-state index in [2.05, 4.69) is 10.3 Å². The van der Waals surface area contributed by atoms with Gasteiger partial charge in [0, 0.05) is 17.0 Å². The van der Waals surface area contributed by atoms with E-state index in [1.807, 2.05) is 0 Å². The van der Waals surface area contributed by atoms with Crippen molar-refractivity contribution in [2.45, 2.75) is 12.7 Å². The number of carbonyl (C=O) groups excluding carboxylic acids is 1. The summed E-state index contributed by atoms with van der Waals surface area (Å²) in [6, 6.07) is 15.8. The van der Waals surface area contributed by atoms with Crippen LogP contribution in [-0.4, -0.2) is 15.5 Å². The Morgan fingerprint density at radius 2 is 1.52 bits per heavy atom. The molecule has 0 aliphatic heterocycles. The number of nitrogens with zero attached hydrogens (tertiary/aromatic N) is 2. The number of pyridine rings is 2. The molecule has 0 spiro atoms. The second kappa shape index (κ2) is 7.05. The van der Waals surface area contributed by atoms with Gasteiger partial charge in [0.25, 0.3) is 0 Å². The average molecular weight is 397 g/mol. The van der Waals surface area contributed by atoms with Crippen LogP contribution >= 0.6 is 0 Å². The normalized spacial score (nSPS) is 11.7. The molecular formula is C21H14F3N3O2. The molecule has 0 radical (unpaired) electrons. The van der Waals surface area contributed by atoms with Crippen LogP contribution in [0.4, 0.5) is 19.0 Å². The highest BCUT2D eigenvalue weighted by Gasteiger charge is 2.30. The van der Waals surface area contributed by atoms with E-state index < -0.39 is 17.6 Å². The van der Waals surface area contributed by atoms with Crippen molar-refractivity contribution in [3.05, 3.63) is 82.6 Å². The standard InChI is InChI=1S/C21H14F3N3O2/c22-21(23,24)13-9-10-18(25-11-13)26-19(28)12-27-16-7-3-1-5-14(16)20(29)15-6-2-4-8-17(15)27/h1-11H,12H2,(H,25,26,28). The van der Waals surface area contributed by atoms with Gasteiger partial charge in [-0.15, -0.1) is 0 Å². The lowest BCUT2D eigenvalue weighted by molar-refractivity contribution is -0.137. The summed E-state index contributed by atoms with van der Waals surface area (Å²) in [4.78, 5) is 28.9. The number of fused-ring (bicyclic) bond motifs is 2. The first kappa shape index (κ1) is 18.7. The maximum absolute atomic E-state index is 12.7. The number of hydrogen-bond donors (Lipinski definition) is 1. The van der Waals surface area contributed by atoms with E-state index in [-0.39, 0.29) is 17.8 Å². The summed E-state index contributed by atoms with van der Waals surface area (Å²) in [6.45, 7) is -0.135. The Hall–Kier alpha value is -3.68. The van der Waals surface area contributed by atoms with E-state index in [9.17, 15) is 22.8 Å². The van der Waals surface area contributed by atoms with Crippen LogP contribution in [0.2, 0.25) is 0 Å². The molecule has 0 fully saturated rings. The number of nitrogens with one attached hydrogen (secondary N) is 1. The topological polar surface area (TPSA) is 64.0 Å². The number of aromatic nitrogens is 2. The lowest BCUT2D eigenvalue weighted by atomic mass is 10.1. The maximum atomic E-state index is 12.7. The molecule has 146 valence electrons. The van der Waals surface area contributed by atoms with Crippen LogP contribution in [-0.2, 0) is 17.5 Å². The smallest absolute Gasteiger partial charge is 0.331 e. The monoisotopic (exact) mass is 397 g/mol. The molecule has 0 saturated heterocycles. The number of para-hydroxylation sites is 2. The summed E-state index contributed by atoms with van der Waals surface area (Å²) in [7, 11) is 0. The molecule has 0 atom stereocenters. The first-order chi connectivity index (χ1) is 13.8. The molecule has 5 nitrogen and oxygen atoms in total. The Morgan fingerprint density at radius 3 is 2.03 bits per heavy atom. The van der Waals surface area contributed by atoms with Crippen molar-refractivity contribution < 1.29 is 18.0 Å². The van der Waals surface area contributed by atoms with E-state index in [1.54, 1.807) is 53.1 Å². The number of halogens is 3. The summed E-state index contributed by atoms with van der Waals surface area (Å²) in [5.74, 6) is -0.464. The van der Waals surface area contributed by atoms with Crippen molar-refractivity contribution in [2.75, 3.05) is 5.32 Å². The minimum atomic E-state index is -4.50. The van der Waals surface area contributed by atoms with Gasteiger partial charge in [0.15, 0.2) is 5.43 Å². The zero-order valence-corrected chi connectivity index (χ0v) is 14.9. The van der Waals surface area contributed by atoms with E-state index in [1.165, 1.54) is 0 Å². The Bertz CT molecular complexity index is 1220. The van der Waals surface area contributed by atoms with Crippen molar-refractivity contribution in [3.63, 3.8) is 0 Å². The van der Waals surface area contributed by atoms with Crippen LogP contribution in [0.25, 0.3) is 21.8 Å². The van der Waals surface area contributed by atoms with Crippen molar-refractivity contribution in [1.29, 1.82) is 0 Å². The summed E-state index contributed by atoms with van der Waals surface area (Å²) >= 11 is 0. The SMILES string of the molecule is O=C(Cn1c2ccccc2c(=O)c2ccccc21)Nc1ccc(C(F)(F)F)cn1. The Kier molecular flexibility index (Phi) is 4.54. The molecule has 2 heterocycles. The van der Waals surface area contributed by atoms with Gasteiger partial charge in [0.2, 0.25) is 5.91 Å². The molecule has 2 aromatic carbocycles. The molecule has 1 amide bonds. The first-order valence-electron chi connectivity index (χ1n) is 8.68. The van der Waals surface area contributed by atoms with Gasteiger partial charge in [0.05, 0.1) is 16.6 Å². The number of alkyl halides is 3. The predicted molar refractivity (Wildman–Crippen MR) is 104 cm³/mol. The lowest BCUT2D eigenvalue weighted by Gasteiger charge is -2.15. The zero-order valence-electron chi connectivity index (χ0n) is 14.9. The summed E-state index contributed by atoms with van der Waals surface area (Å²) < 4.78 is 39.6. The molecule has 0 saturated carbocycles. The molecule has 0 aliphatic carbocycles. The highest BCUT2D eigenvalue weighted by atomic mass is 19.4. The fourth-order valence-corrected chi connectivity index (χ4v) is 3.21. The highest BCUT2D eigenvalue weighted by Crippen LogP contribution is 2.28. The van der Waals surface area contributed by atoms with Crippen LogP contribution in [0.5, 0.6) is 0 Å². The van der Waals surface area contributed by atoms with E-state index in [0.717, 1.165) is 12.1 Å². The molecule has 0 bridgehead atoms. The fourth-order valence-electron chi connectivity index (χ4n) is 3.21. The second-order valence-electron chi connectivity index (χ2n) is 6.43.